The van der Waals surface area contributed by atoms with E-state index in [0.717, 1.165) is 18.2 Å². The number of hydrogen-bond donors (Lipinski definition) is 1. The molecule has 1 fully saturated rings. The second-order valence-electron chi connectivity index (χ2n) is 4.83. The van der Waals surface area contributed by atoms with Crippen molar-refractivity contribution in [1.82, 2.24) is 5.32 Å². The van der Waals surface area contributed by atoms with E-state index < -0.39 is 0 Å². The highest BCUT2D eigenvalue weighted by atomic mass is 79.9. The standard InChI is InChI=1S/C13H24BrNO/c1-2-3-4-9-13(16)15-12-8-6-5-7-11(12)10-14/h11-12H,2-10H2,1H3,(H,15,16). The lowest BCUT2D eigenvalue weighted by molar-refractivity contribution is -0.122. The van der Waals surface area contributed by atoms with Crippen molar-refractivity contribution in [2.75, 3.05) is 5.33 Å². The van der Waals surface area contributed by atoms with Crippen molar-refractivity contribution in [3.8, 4) is 0 Å². The van der Waals surface area contributed by atoms with Gasteiger partial charge >= 0.3 is 0 Å². The molecule has 2 unspecified atom stereocenters. The van der Waals surface area contributed by atoms with Crippen LogP contribution in [0.2, 0.25) is 0 Å². The molecule has 1 aliphatic carbocycles. The van der Waals surface area contributed by atoms with E-state index in [0.29, 0.717) is 18.4 Å². The van der Waals surface area contributed by atoms with Crippen LogP contribution >= 0.6 is 15.9 Å². The first kappa shape index (κ1) is 14.0. The summed E-state index contributed by atoms with van der Waals surface area (Å²) in [5, 5.41) is 4.23. The fourth-order valence-electron chi connectivity index (χ4n) is 2.40. The zero-order chi connectivity index (χ0) is 11.8. The molecule has 0 aromatic carbocycles. The second-order valence-corrected chi connectivity index (χ2v) is 5.48. The van der Waals surface area contributed by atoms with Gasteiger partial charge in [-0.2, -0.15) is 0 Å². The van der Waals surface area contributed by atoms with Crippen molar-refractivity contribution in [2.24, 2.45) is 5.92 Å². The van der Waals surface area contributed by atoms with Crippen molar-refractivity contribution in [1.29, 1.82) is 0 Å². The van der Waals surface area contributed by atoms with E-state index in [1.54, 1.807) is 0 Å². The minimum Gasteiger partial charge on any atom is -0.353 e. The van der Waals surface area contributed by atoms with Crippen LogP contribution in [0.5, 0.6) is 0 Å². The summed E-state index contributed by atoms with van der Waals surface area (Å²) in [5.41, 5.74) is 0. The van der Waals surface area contributed by atoms with Crippen molar-refractivity contribution < 1.29 is 4.79 Å². The molecule has 1 amide bonds. The average molecular weight is 290 g/mol. The molecule has 2 nitrogen and oxygen atoms in total. The van der Waals surface area contributed by atoms with Crippen LogP contribution in [0.15, 0.2) is 0 Å². The molecule has 0 bridgehead atoms. The predicted molar refractivity (Wildman–Crippen MR) is 71.8 cm³/mol. The number of halogens is 1. The smallest absolute Gasteiger partial charge is 0.220 e. The molecule has 1 N–H and O–H groups in total. The Balaban J connectivity index is 2.25. The fraction of sp³-hybridized carbons (Fsp3) is 0.923. The number of unbranched alkanes of at least 4 members (excludes halogenated alkanes) is 2. The summed E-state index contributed by atoms with van der Waals surface area (Å²) >= 11 is 3.55. The van der Waals surface area contributed by atoms with Gasteiger partial charge in [0.25, 0.3) is 0 Å². The maximum Gasteiger partial charge on any atom is 0.220 e. The quantitative estimate of drug-likeness (QED) is 0.587. The van der Waals surface area contributed by atoms with Gasteiger partial charge in [0.1, 0.15) is 0 Å². The molecule has 0 aliphatic heterocycles. The Morgan fingerprint density at radius 2 is 2.06 bits per heavy atom. The summed E-state index contributed by atoms with van der Waals surface area (Å²) in [7, 11) is 0. The Bertz CT molecular complexity index is 208. The third kappa shape index (κ3) is 4.86. The number of carbonyl (C=O) groups is 1. The molecule has 1 saturated carbocycles. The highest BCUT2D eigenvalue weighted by molar-refractivity contribution is 9.09. The Kier molecular flexibility index (Phi) is 7.10. The van der Waals surface area contributed by atoms with Crippen LogP contribution in [0.25, 0.3) is 0 Å². The van der Waals surface area contributed by atoms with Gasteiger partial charge in [0, 0.05) is 17.8 Å². The molecule has 1 rings (SSSR count). The van der Waals surface area contributed by atoms with Crippen molar-refractivity contribution in [3.63, 3.8) is 0 Å². The van der Waals surface area contributed by atoms with Crippen LogP contribution in [0.4, 0.5) is 0 Å². The molecule has 0 saturated heterocycles. The van der Waals surface area contributed by atoms with Gasteiger partial charge in [-0.3, -0.25) is 4.79 Å². The van der Waals surface area contributed by atoms with E-state index in [-0.39, 0.29) is 5.91 Å². The van der Waals surface area contributed by atoms with Gasteiger partial charge in [0.2, 0.25) is 5.91 Å². The summed E-state index contributed by atoms with van der Waals surface area (Å²) in [6.45, 7) is 2.17. The summed E-state index contributed by atoms with van der Waals surface area (Å²) in [6, 6.07) is 0.419. The Morgan fingerprint density at radius 1 is 1.31 bits per heavy atom. The molecular weight excluding hydrogens is 266 g/mol. The number of alkyl halides is 1. The average Bonchev–Trinajstić information content (AvgIpc) is 2.30. The molecule has 0 aromatic heterocycles. The molecular formula is C13H24BrNO. The summed E-state index contributed by atoms with van der Waals surface area (Å²) in [4.78, 5) is 11.7. The van der Waals surface area contributed by atoms with Gasteiger partial charge in [0.05, 0.1) is 0 Å². The van der Waals surface area contributed by atoms with E-state index in [9.17, 15) is 4.79 Å². The van der Waals surface area contributed by atoms with E-state index in [2.05, 4.69) is 28.2 Å². The highest BCUT2D eigenvalue weighted by Gasteiger charge is 2.25. The Hall–Kier alpha value is -0.0500. The first-order chi connectivity index (χ1) is 7.77. The second kappa shape index (κ2) is 8.10. The molecule has 0 spiro atoms. The van der Waals surface area contributed by atoms with Crippen molar-refractivity contribution in [2.45, 2.75) is 64.3 Å². The van der Waals surface area contributed by atoms with E-state index >= 15 is 0 Å². The number of amides is 1. The first-order valence-corrected chi connectivity index (χ1v) is 7.75. The topological polar surface area (TPSA) is 29.1 Å². The summed E-state index contributed by atoms with van der Waals surface area (Å²) in [5.74, 6) is 0.898. The number of carbonyl (C=O) groups excluding carboxylic acids is 1. The van der Waals surface area contributed by atoms with Gasteiger partial charge < -0.3 is 5.32 Å². The maximum absolute atomic E-state index is 11.7. The largest absolute Gasteiger partial charge is 0.353 e. The Labute approximate surface area is 108 Å². The van der Waals surface area contributed by atoms with Crippen LogP contribution in [-0.2, 0) is 4.79 Å². The highest BCUT2D eigenvalue weighted by Crippen LogP contribution is 2.25. The van der Waals surface area contributed by atoms with Crippen molar-refractivity contribution in [3.05, 3.63) is 0 Å². The van der Waals surface area contributed by atoms with Crippen molar-refractivity contribution >= 4 is 21.8 Å². The van der Waals surface area contributed by atoms with E-state index in [1.807, 2.05) is 0 Å². The predicted octanol–water partition coefficient (Wildman–Crippen LogP) is 3.64. The SMILES string of the molecule is CCCCCC(=O)NC1CCCCC1CBr. The van der Waals surface area contributed by atoms with Crippen LogP contribution < -0.4 is 5.32 Å². The van der Waals surface area contributed by atoms with Crippen LogP contribution in [0, 0.1) is 5.92 Å². The monoisotopic (exact) mass is 289 g/mol. The van der Waals surface area contributed by atoms with E-state index in [1.165, 1.54) is 32.1 Å². The lowest BCUT2D eigenvalue weighted by Crippen LogP contribution is -2.42. The molecule has 3 heteroatoms. The molecule has 0 heterocycles. The van der Waals surface area contributed by atoms with Gasteiger partial charge in [-0.15, -0.1) is 0 Å². The third-order valence-corrected chi connectivity index (χ3v) is 4.29. The minimum absolute atomic E-state index is 0.256. The first-order valence-electron chi connectivity index (χ1n) is 6.63. The van der Waals surface area contributed by atoms with Gasteiger partial charge in [-0.05, 0) is 25.2 Å². The van der Waals surface area contributed by atoms with Gasteiger partial charge in [-0.1, -0.05) is 48.5 Å². The zero-order valence-corrected chi connectivity index (χ0v) is 11.9. The van der Waals surface area contributed by atoms with E-state index in [4.69, 9.17) is 0 Å². The van der Waals surface area contributed by atoms with Gasteiger partial charge in [0.15, 0.2) is 0 Å². The summed E-state index contributed by atoms with van der Waals surface area (Å²) in [6.07, 6.45) is 9.09. The maximum atomic E-state index is 11.7. The lowest BCUT2D eigenvalue weighted by atomic mass is 9.86. The molecule has 2 atom stereocenters. The fourth-order valence-corrected chi connectivity index (χ4v) is 3.17. The molecule has 16 heavy (non-hydrogen) atoms. The normalized spacial score (nSPS) is 25.4. The number of hydrogen-bond acceptors (Lipinski definition) is 1. The van der Waals surface area contributed by atoms with Gasteiger partial charge in [-0.25, -0.2) is 0 Å². The lowest BCUT2D eigenvalue weighted by Gasteiger charge is -2.31. The number of rotatable bonds is 6. The van der Waals surface area contributed by atoms with Crippen LogP contribution in [0.3, 0.4) is 0 Å². The van der Waals surface area contributed by atoms with Crippen LogP contribution in [0.1, 0.15) is 58.3 Å². The third-order valence-electron chi connectivity index (χ3n) is 3.46. The van der Waals surface area contributed by atoms with Crippen LogP contribution in [-0.4, -0.2) is 17.3 Å². The molecule has 94 valence electrons. The molecule has 0 aromatic rings. The summed E-state index contributed by atoms with van der Waals surface area (Å²) < 4.78 is 0. The minimum atomic E-state index is 0.256. The molecule has 0 radical (unpaired) electrons. The molecule has 1 aliphatic rings. The Morgan fingerprint density at radius 3 is 2.75 bits per heavy atom. The zero-order valence-electron chi connectivity index (χ0n) is 10.3. The number of nitrogens with one attached hydrogen (secondary N) is 1.